The van der Waals surface area contributed by atoms with Gasteiger partial charge in [0, 0.05) is 16.3 Å². The molecule has 0 fully saturated rings. The quantitative estimate of drug-likeness (QED) is 0.574. The summed E-state index contributed by atoms with van der Waals surface area (Å²) in [6, 6.07) is 14.0. The molecule has 2 aromatic heterocycles. The zero-order valence-electron chi connectivity index (χ0n) is 12.0. The third kappa shape index (κ3) is 1.95. The molecule has 0 aliphatic carbocycles. The zero-order chi connectivity index (χ0) is 15.1. The minimum Gasteiger partial charge on any atom is -0.455 e. The molecule has 5 heteroatoms. The molecule has 2 N–H and O–H groups in total. The van der Waals surface area contributed by atoms with Crippen molar-refractivity contribution in [2.45, 2.75) is 6.92 Å². The molecule has 22 heavy (non-hydrogen) atoms. The van der Waals surface area contributed by atoms with Crippen molar-refractivity contribution in [3.8, 4) is 0 Å². The fourth-order valence-corrected chi connectivity index (χ4v) is 2.59. The number of furan rings is 1. The van der Waals surface area contributed by atoms with Gasteiger partial charge in [-0.3, -0.25) is 0 Å². The van der Waals surface area contributed by atoms with E-state index in [1.165, 1.54) is 0 Å². The van der Waals surface area contributed by atoms with Crippen LogP contribution in [0.2, 0.25) is 0 Å². The monoisotopic (exact) mass is 290 g/mol. The summed E-state index contributed by atoms with van der Waals surface area (Å²) in [4.78, 5) is 4.12. The highest BCUT2D eigenvalue weighted by molar-refractivity contribution is 6.09. The third-order valence-corrected chi connectivity index (χ3v) is 3.59. The number of hydrogen-bond acceptors (Lipinski definition) is 4. The highest BCUT2D eigenvalue weighted by Crippen LogP contribution is 2.30. The molecule has 0 aliphatic rings. The van der Waals surface area contributed by atoms with Gasteiger partial charge >= 0.3 is 0 Å². The normalized spacial score (nSPS) is 11.9. The van der Waals surface area contributed by atoms with Gasteiger partial charge in [0.25, 0.3) is 0 Å². The fourth-order valence-electron chi connectivity index (χ4n) is 2.59. The van der Waals surface area contributed by atoms with E-state index in [-0.39, 0.29) is 0 Å². The second-order valence-corrected chi connectivity index (χ2v) is 5.15. The van der Waals surface area contributed by atoms with E-state index in [2.05, 4.69) is 16.2 Å². The topological polar surface area (TPSA) is 69.3 Å². The van der Waals surface area contributed by atoms with Gasteiger partial charge in [0.2, 0.25) is 5.95 Å². The predicted octanol–water partition coefficient (Wildman–Crippen LogP) is 3.56. The number of nitrogen functional groups attached to an aromatic ring is 1. The van der Waals surface area contributed by atoms with Crippen LogP contribution >= 0.6 is 0 Å². The number of nitrogens with two attached hydrogens (primary N) is 1. The second-order valence-electron chi connectivity index (χ2n) is 5.15. The first-order valence-electron chi connectivity index (χ1n) is 6.98. The van der Waals surface area contributed by atoms with E-state index in [1.807, 2.05) is 43.3 Å². The highest BCUT2D eigenvalue weighted by Gasteiger charge is 2.09. The molecule has 0 spiro atoms. The number of hydrogen-bond donors (Lipinski definition) is 1. The first kappa shape index (κ1) is 12.6. The van der Waals surface area contributed by atoms with Gasteiger partial charge in [-0.2, -0.15) is 5.10 Å². The molecule has 0 saturated carbocycles. The number of aryl methyl sites for hydroxylation is 1. The van der Waals surface area contributed by atoms with Gasteiger partial charge in [0.1, 0.15) is 11.2 Å². The Morgan fingerprint density at radius 2 is 1.95 bits per heavy atom. The van der Waals surface area contributed by atoms with Crippen LogP contribution in [-0.2, 0) is 0 Å². The van der Waals surface area contributed by atoms with Crippen LogP contribution in [0.15, 0.2) is 58.2 Å². The van der Waals surface area contributed by atoms with E-state index in [0.717, 1.165) is 33.2 Å². The lowest BCUT2D eigenvalue weighted by Crippen LogP contribution is -1.97. The average molecular weight is 290 g/mol. The number of nitrogens with zero attached hydrogens (tertiary/aromatic N) is 3. The molecule has 2 heterocycles. The van der Waals surface area contributed by atoms with Gasteiger partial charge in [0.05, 0.1) is 18.1 Å². The number of imidazole rings is 1. The van der Waals surface area contributed by atoms with Gasteiger partial charge in [-0.25, -0.2) is 9.66 Å². The summed E-state index contributed by atoms with van der Waals surface area (Å²) >= 11 is 0. The minimum atomic E-state index is 0.366. The molecule has 0 atom stereocenters. The number of rotatable bonds is 2. The van der Waals surface area contributed by atoms with Crippen molar-refractivity contribution in [2.75, 3.05) is 5.73 Å². The van der Waals surface area contributed by atoms with E-state index >= 15 is 0 Å². The molecular weight excluding hydrogens is 276 g/mol. The van der Waals surface area contributed by atoms with Crippen LogP contribution < -0.4 is 5.73 Å². The van der Waals surface area contributed by atoms with E-state index in [4.69, 9.17) is 10.2 Å². The van der Waals surface area contributed by atoms with Gasteiger partial charge < -0.3 is 10.2 Å². The molecule has 0 aliphatic heterocycles. The summed E-state index contributed by atoms with van der Waals surface area (Å²) in [6.07, 6.45) is 3.52. The first-order chi connectivity index (χ1) is 10.7. The van der Waals surface area contributed by atoms with Crippen molar-refractivity contribution in [3.05, 3.63) is 59.9 Å². The third-order valence-electron chi connectivity index (χ3n) is 3.59. The van der Waals surface area contributed by atoms with Crippen LogP contribution in [0.4, 0.5) is 5.95 Å². The van der Waals surface area contributed by atoms with Gasteiger partial charge in [0.15, 0.2) is 0 Å². The van der Waals surface area contributed by atoms with Crippen LogP contribution in [0.1, 0.15) is 11.3 Å². The van der Waals surface area contributed by atoms with Crippen molar-refractivity contribution in [2.24, 2.45) is 5.10 Å². The van der Waals surface area contributed by atoms with Gasteiger partial charge in [-0.15, -0.1) is 0 Å². The zero-order valence-corrected chi connectivity index (χ0v) is 12.0. The number of para-hydroxylation sites is 2. The molecule has 2 aromatic carbocycles. The second kappa shape index (κ2) is 4.73. The Kier molecular flexibility index (Phi) is 2.72. The molecule has 0 bridgehead atoms. The summed E-state index contributed by atoms with van der Waals surface area (Å²) in [5.41, 5.74) is 9.22. The maximum absolute atomic E-state index is 5.96. The van der Waals surface area contributed by atoms with E-state index in [0.29, 0.717) is 5.95 Å². The number of benzene rings is 2. The maximum Gasteiger partial charge on any atom is 0.221 e. The van der Waals surface area contributed by atoms with E-state index < -0.39 is 0 Å². The Bertz CT molecular complexity index is 1010. The summed E-state index contributed by atoms with van der Waals surface area (Å²) in [7, 11) is 0. The predicted molar refractivity (Wildman–Crippen MR) is 88.1 cm³/mol. The highest BCUT2D eigenvalue weighted by atomic mass is 16.3. The lowest BCUT2D eigenvalue weighted by atomic mass is 10.1. The average Bonchev–Trinajstić information content (AvgIpc) is 3.05. The van der Waals surface area contributed by atoms with Crippen LogP contribution in [0.5, 0.6) is 0 Å². The van der Waals surface area contributed by atoms with Crippen LogP contribution in [0.3, 0.4) is 0 Å². The molecule has 4 rings (SSSR count). The molecular formula is C17H14N4O. The Labute approximate surface area is 126 Å². The summed E-state index contributed by atoms with van der Waals surface area (Å²) in [6.45, 7) is 1.88. The SMILES string of the molecule is Cc1cn(N=Cc2cccc3c2oc2ccccc23)c(N)n1. The minimum absolute atomic E-state index is 0.366. The van der Waals surface area contributed by atoms with E-state index in [9.17, 15) is 0 Å². The Morgan fingerprint density at radius 1 is 1.14 bits per heavy atom. The largest absolute Gasteiger partial charge is 0.455 e. The molecule has 0 unspecified atom stereocenters. The molecule has 0 amide bonds. The fraction of sp³-hybridized carbons (Fsp3) is 0.0588. The lowest BCUT2D eigenvalue weighted by Gasteiger charge is -1.97. The van der Waals surface area contributed by atoms with Crippen molar-refractivity contribution >= 4 is 34.1 Å². The van der Waals surface area contributed by atoms with Crippen molar-refractivity contribution in [3.63, 3.8) is 0 Å². The summed E-state index contributed by atoms with van der Waals surface area (Å²) in [5, 5.41) is 6.54. The smallest absolute Gasteiger partial charge is 0.221 e. The van der Waals surface area contributed by atoms with Crippen LogP contribution in [0.25, 0.3) is 21.9 Å². The molecule has 4 aromatic rings. The van der Waals surface area contributed by atoms with Crippen LogP contribution in [-0.4, -0.2) is 15.9 Å². The first-order valence-corrected chi connectivity index (χ1v) is 6.98. The van der Waals surface area contributed by atoms with Crippen molar-refractivity contribution in [1.82, 2.24) is 9.66 Å². The Balaban J connectivity index is 1.86. The number of fused-ring (bicyclic) bond motifs is 3. The molecule has 108 valence electrons. The van der Waals surface area contributed by atoms with Gasteiger partial charge in [-0.05, 0) is 19.1 Å². The summed E-state index contributed by atoms with van der Waals surface area (Å²) < 4.78 is 7.51. The summed E-state index contributed by atoms with van der Waals surface area (Å²) in [5.74, 6) is 0.366. The Hall–Kier alpha value is -3.08. The maximum atomic E-state index is 5.96. The standard InChI is InChI=1S/C17H14N4O/c1-11-10-21(17(18)20-11)19-9-12-5-4-7-14-13-6-2-3-8-15(13)22-16(12)14/h2-10H,1H3,(H2,18,20). The van der Waals surface area contributed by atoms with Crippen molar-refractivity contribution < 1.29 is 4.42 Å². The number of aromatic nitrogens is 2. The molecule has 0 saturated heterocycles. The lowest BCUT2D eigenvalue weighted by molar-refractivity contribution is 0.668. The van der Waals surface area contributed by atoms with E-state index in [1.54, 1.807) is 17.1 Å². The molecule has 5 nitrogen and oxygen atoms in total. The number of anilines is 1. The Morgan fingerprint density at radius 3 is 2.77 bits per heavy atom. The molecule has 0 radical (unpaired) electrons. The van der Waals surface area contributed by atoms with Crippen LogP contribution in [0, 0.1) is 6.92 Å². The van der Waals surface area contributed by atoms with Gasteiger partial charge in [-0.1, -0.05) is 30.3 Å². The van der Waals surface area contributed by atoms with Crippen molar-refractivity contribution in [1.29, 1.82) is 0 Å².